The third kappa shape index (κ3) is 3.15. The number of nitrogen functional groups attached to an aromatic ring is 1. The highest BCUT2D eigenvalue weighted by atomic mass is 79.9. The van der Waals surface area contributed by atoms with Gasteiger partial charge in [-0.3, -0.25) is 4.98 Å². The Kier molecular flexibility index (Phi) is 4.07. The fraction of sp³-hybridized carbons (Fsp3) is 0.471. The van der Waals surface area contributed by atoms with E-state index in [9.17, 15) is 0 Å². The van der Waals surface area contributed by atoms with Crippen LogP contribution in [0.1, 0.15) is 33.1 Å². The molecule has 2 atom stereocenters. The topological polar surface area (TPSA) is 50.9 Å². The summed E-state index contributed by atoms with van der Waals surface area (Å²) in [4.78, 5) is 4.42. The molecule has 1 aliphatic rings. The number of nitrogens with one attached hydrogen (secondary N) is 1. The van der Waals surface area contributed by atoms with Crippen LogP contribution in [0, 0.1) is 11.8 Å². The second-order valence-electron chi connectivity index (χ2n) is 6.51. The molecule has 2 unspecified atom stereocenters. The maximum Gasteiger partial charge on any atom is 0.0743 e. The van der Waals surface area contributed by atoms with Gasteiger partial charge in [0, 0.05) is 15.9 Å². The van der Waals surface area contributed by atoms with E-state index in [0.717, 1.165) is 38.6 Å². The molecule has 0 amide bonds. The molecule has 0 bridgehead atoms. The molecule has 2 aromatic rings. The van der Waals surface area contributed by atoms with Crippen LogP contribution in [0.2, 0.25) is 0 Å². The summed E-state index contributed by atoms with van der Waals surface area (Å²) in [5.41, 5.74) is 8.92. The fourth-order valence-corrected chi connectivity index (χ4v) is 3.97. The molecule has 0 saturated heterocycles. The van der Waals surface area contributed by atoms with Crippen molar-refractivity contribution in [3.8, 4) is 0 Å². The first-order valence-corrected chi connectivity index (χ1v) is 8.42. The molecule has 0 spiro atoms. The maximum atomic E-state index is 6.18. The molecule has 3 rings (SSSR count). The van der Waals surface area contributed by atoms with Crippen LogP contribution < -0.4 is 11.1 Å². The van der Waals surface area contributed by atoms with Gasteiger partial charge in [-0.1, -0.05) is 29.8 Å². The Morgan fingerprint density at radius 3 is 2.62 bits per heavy atom. The van der Waals surface area contributed by atoms with Gasteiger partial charge >= 0.3 is 0 Å². The van der Waals surface area contributed by atoms with E-state index in [1.807, 2.05) is 12.1 Å². The van der Waals surface area contributed by atoms with Gasteiger partial charge in [-0.05, 0) is 49.3 Å². The molecule has 1 saturated carbocycles. The largest absolute Gasteiger partial charge is 0.396 e. The van der Waals surface area contributed by atoms with Crippen LogP contribution in [0.25, 0.3) is 10.9 Å². The van der Waals surface area contributed by atoms with Crippen molar-refractivity contribution < 1.29 is 0 Å². The number of rotatable bonds is 2. The maximum absolute atomic E-state index is 6.18. The van der Waals surface area contributed by atoms with Crippen LogP contribution in [0.15, 0.2) is 28.9 Å². The predicted octanol–water partition coefficient (Wildman–Crippen LogP) is 4.82. The Bertz CT molecular complexity index is 641. The first kappa shape index (κ1) is 14.6. The quantitative estimate of drug-likeness (QED) is 0.818. The minimum atomic E-state index is 0.496. The third-order valence-electron chi connectivity index (χ3n) is 4.39. The zero-order valence-corrected chi connectivity index (χ0v) is 14.2. The lowest BCUT2D eigenvalue weighted by Crippen LogP contribution is -2.30. The summed E-state index contributed by atoms with van der Waals surface area (Å²) in [5, 5.41) is 4.79. The van der Waals surface area contributed by atoms with Gasteiger partial charge in [-0.15, -0.1) is 0 Å². The van der Waals surface area contributed by atoms with Crippen LogP contribution in [-0.4, -0.2) is 11.0 Å². The Morgan fingerprint density at radius 2 is 1.90 bits per heavy atom. The first-order valence-electron chi connectivity index (χ1n) is 7.63. The number of hydrogen-bond acceptors (Lipinski definition) is 3. The molecular weight excluding hydrogens is 326 g/mol. The number of nitrogens with two attached hydrogens (primary N) is 1. The second-order valence-corrected chi connectivity index (χ2v) is 7.42. The van der Waals surface area contributed by atoms with Gasteiger partial charge < -0.3 is 11.1 Å². The molecule has 112 valence electrons. The van der Waals surface area contributed by atoms with Crippen molar-refractivity contribution in [3.63, 3.8) is 0 Å². The van der Waals surface area contributed by atoms with Gasteiger partial charge in [0.05, 0.1) is 23.1 Å². The summed E-state index contributed by atoms with van der Waals surface area (Å²) < 4.78 is 1.05. The van der Waals surface area contributed by atoms with Gasteiger partial charge in [0.2, 0.25) is 0 Å². The Balaban J connectivity index is 1.96. The molecule has 1 heterocycles. The van der Waals surface area contributed by atoms with Crippen molar-refractivity contribution in [1.82, 2.24) is 4.98 Å². The summed E-state index contributed by atoms with van der Waals surface area (Å²) in [7, 11) is 0. The fourth-order valence-electron chi connectivity index (χ4n) is 3.61. The Hall–Kier alpha value is -1.29. The van der Waals surface area contributed by atoms with Crippen LogP contribution >= 0.6 is 15.9 Å². The number of fused-ring (bicyclic) bond motifs is 1. The lowest BCUT2D eigenvalue weighted by Gasteiger charge is -2.33. The molecule has 1 aromatic heterocycles. The molecule has 3 N–H and O–H groups in total. The van der Waals surface area contributed by atoms with Crippen molar-refractivity contribution in [1.29, 1.82) is 0 Å². The normalized spacial score (nSPS) is 26.0. The summed E-state index contributed by atoms with van der Waals surface area (Å²) >= 11 is 3.54. The van der Waals surface area contributed by atoms with Gasteiger partial charge in [0.25, 0.3) is 0 Å². The van der Waals surface area contributed by atoms with Crippen molar-refractivity contribution in [2.24, 2.45) is 11.8 Å². The number of aromatic nitrogens is 1. The zero-order valence-electron chi connectivity index (χ0n) is 12.6. The standard InChI is InChI=1S/C17H22BrN3/c1-10-5-11(2)7-13(6-10)21-17-14-8-12(18)3-4-16(14)20-9-15(17)19/h3-4,8-11,13H,5-7,19H2,1-2H3,(H,20,21). The summed E-state index contributed by atoms with van der Waals surface area (Å²) in [6.45, 7) is 4.68. The number of pyridine rings is 1. The van der Waals surface area contributed by atoms with Gasteiger partial charge in [0.1, 0.15) is 0 Å². The highest BCUT2D eigenvalue weighted by Crippen LogP contribution is 2.35. The molecule has 1 aliphatic carbocycles. The van der Waals surface area contributed by atoms with E-state index in [1.54, 1.807) is 6.20 Å². The highest BCUT2D eigenvalue weighted by molar-refractivity contribution is 9.10. The van der Waals surface area contributed by atoms with Gasteiger partial charge in [-0.2, -0.15) is 0 Å². The molecule has 3 nitrogen and oxygen atoms in total. The molecule has 0 radical (unpaired) electrons. The van der Waals surface area contributed by atoms with E-state index >= 15 is 0 Å². The van der Waals surface area contributed by atoms with Crippen LogP contribution in [0.5, 0.6) is 0 Å². The van der Waals surface area contributed by atoms with E-state index < -0.39 is 0 Å². The molecule has 1 aromatic carbocycles. The molecule has 21 heavy (non-hydrogen) atoms. The molecule has 1 fully saturated rings. The monoisotopic (exact) mass is 347 g/mol. The molecule has 0 aliphatic heterocycles. The number of hydrogen-bond donors (Lipinski definition) is 2. The summed E-state index contributed by atoms with van der Waals surface area (Å²) in [6, 6.07) is 6.63. The highest BCUT2D eigenvalue weighted by Gasteiger charge is 2.24. The van der Waals surface area contributed by atoms with Crippen LogP contribution in [-0.2, 0) is 0 Å². The Morgan fingerprint density at radius 1 is 1.19 bits per heavy atom. The Labute approximate surface area is 134 Å². The average Bonchev–Trinajstić information content (AvgIpc) is 2.41. The van der Waals surface area contributed by atoms with Crippen molar-refractivity contribution in [3.05, 3.63) is 28.9 Å². The summed E-state index contributed by atoms with van der Waals surface area (Å²) in [6.07, 6.45) is 5.51. The van der Waals surface area contributed by atoms with Gasteiger partial charge in [-0.25, -0.2) is 0 Å². The van der Waals surface area contributed by atoms with E-state index in [4.69, 9.17) is 5.73 Å². The number of nitrogens with zero attached hydrogens (tertiary/aromatic N) is 1. The number of benzene rings is 1. The lowest BCUT2D eigenvalue weighted by atomic mass is 9.80. The van der Waals surface area contributed by atoms with Crippen molar-refractivity contribution >= 4 is 38.2 Å². The van der Waals surface area contributed by atoms with Crippen LogP contribution in [0.4, 0.5) is 11.4 Å². The minimum Gasteiger partial charge on any atom is -0.396 e. The van der Waals surface area contributed by atoms with E-state index in [0.29, 0.717) is 6.04 Å². The van der Waals surface area contributed by atoms with E-state index in [1.165, 1.54) is 19.3 Å². The summed E-state index contributed by atoms with van der Waals surface area (Å²) in [5.74, 6) is 1.54. The van der Waals surface area contributed by atoms with Crippen LogP contribution in [0.3, 0.4) is 0 Å². The van der Waals surface area contributed by atoms with Crippen molar-refractivity contribution in [2.45, 2.75) is 39.2 Å². The predicted molar refractivity (Wildman–Crippen MR) is 93.4 cm³/mol. The lowest BCUT2D eigenvalue weighted by molar-refractivity contribution is 0.281. The third-order valence-corrected chi connectivity index (χ3v) is 4.88. The number of halogens is 1. The number of anilines is 2. The van der Waals surface area contributed by atoms with Gasteiger partial charge in [0.15, 0.2) is 0 Å². The average molecular weight is 348 g/mol. The minimum absolute atomic E-state index is 0.496. The first-order chi connectivity index (χ1) is 10.0. The van der Waals surface area contributed by atoms with Crippen molar-refractivity contribution in [2.75, 3.05) is 11.1 Å². The zero-order chi connectivity index (χ0) is 15.0. The smallest absolute Gasteiger partial charge is 0.0743 e. The second kappa shape index (κ2) is 5.84. The van der Waals surface area contributed by atoms with E-state index in [2.05, 4.69) is 46.1 Å². The SMILES string of the molecule is CC1CC(C)CC(Nc2c(N)cnc3ccc(Br)cc23)C1. The molecule has 4 heteroatoms. The van der Waals surface area contributed by atoms with E-state index in [-0.39, 0.29) is 0 Å². The molecular formula is C17H22BrN3.